The van der Waals surface area contributed by atoms with E-state index < -0.39 is 17.4 Å². The maximum atomic E-state index is 15.4. The van der Waals surface area contributed by atoms with E-state index >= 15 is 4.39 Å². The summed E-state index contributed by atoms with van der Waals surface area (Å²) >= 11 is 0. The zero-order chi connectivity index (χ0) is 28.4. The Bertz CT molecular complexity index is 1420. The predicted molar refractivity (Wildman–Crippen MR) is 148 cm³/mol. The van der Waals surface area contributed by atoms with Gasteiger partial charge >= 0.3 is 6.03 Å². The predicted octanol–water partition coefficient (Wildman–Crippen LogP) is 4.18. The summed E-state index contributed by atoms with van der Waals surface area (Å²) in [5, 5.41) is 5.14. The minimum atomic E-state index is -0.711. The van der Waals surface area contributed by atoms with Gasteiger partial charge in [0.1, 0.15) is 17.0 Å². The summed E-state index contributed by atoms with van der Waals surface area (Å²) in [7, 11) is 0. The van der Waals surface area contributed by atoms with Crippen LogP contribution < -0.4 is 20.3 Å². The molecule has 2 N–H and O–H groups in total. The van der Waals surface area contributed by atoms with Crippen molar-refractivity contribution in [1.82, 2.24) is 19.9 Å². The van der Waals surface area contributed by atoms with Gasteiger partial charge in [-0.2, -0.15) is 4.98 Å². The van der Waals surface area contributed by atoms with E-state index in [9.17, 15) is 9.59 Å². The average molecular weight is 550 g/mol. The number of likely N-dealkylation sites (N-methyl/N-ethyl adjacent to an activating group) is 1. The number of nitrogens with one attached hydrogen (secondary N) is 2. The molecule has 1 fully saturated rings. The van der Waals surface area contributed by atoms with Crippen LogP contribution in [0.25, 0.3) is 11.3 Å². The molecule has 1 aromatic carbocycles. The molecule has 1 atom stereocenters. The molecule has 0 radical (unpaired) electrons. The van der Waals surface area contributed by atoms with Crippen LogP contribution in [-0.4, -0.2) is 76.3 Å². The lowest BCUT2D eigenvalue weighted by atomic mass is 10.0. The molecule has 1 unspecified atom stereocenters. The Labute approximate surface area is 231 Å². The minimum Gasteiger partial charge on any atom is -0.469 e. The molecule has 11 nitrogen and oxygen atoms in total. The fourth-order valence-corrected chi connectivity index (χ4v) is 4.78. The van der Waals surface area contributed by atoms with E-state index in [0.29, 0.717) is 50.0 Å². The van der Waals surface area contributed by atoms with Crippen molar-refractivity contribution in [2.24, 2.45) is 0 Å². The molecule has 12 heteroatoms. The molecular formula is C28H32FN7O4. The Hall–Kier alpha value is -4.32. The fourth-order valence-electron chi connectivity index (χ4n) is 4.78. The number of halogens is 1. The van der Waals surface area contributed by atoms with Crippen LogP contribution in [0.15, 0.2) is 42.7 Å². The van der Waals surface area contributed by atoms with Crippen molar-refractivity contribution in [2.45, 2.75) is 39.3 Å². The Morgan fingerprint density at radius 2 is 1.95 bits per heavy atom. The number of anilines is 3. The van der Waals surface area contributed by atoms with Gasteiger partial charge in [0, 0.05) is 36.7 Å². The number of amides is 3. The van der Waals surface area contributed by atoms with E-state index in [2.05, 4.69) is 15.6 Å². The van der Waals surface area contributed by atoms with Crippen molar-refractivity contribution in [3.05, 3.63) is 54.1 Å². The van der Waals surface area contributed by atoms with Crippen molar-refractivity contribution in [3.63, 3.8) is 0 Å². The second kappa shape index (κ2) is 11.0. The number of ether oxygens (including phenoxy) is 2. The molecular weight excluding hydrogens is 517 g/mol. The van der Waals surface area contributed by atoms with Crippen LogP contribution in [0.4, 0.5) is 26.5 Å². The molecule has 2 aromatic heterocycles. The number of fused-ring (bicyclic) bond motifs is 1. The highest BCUT2D eigenvalue weighted by Gasteiger charge is 2.38. The van der Waals surface area contributed by atoms with Gasteiger partial charge in [0.25, 0.3) is 5.91 Å². The number of hydrogen-bond acceptors (Lipinski definition) is 8. The number of rotatable bonds is 5. The second-order valence-corrected chi connectivity index (χ2v) is 10.4. The molecule has 0 bridgehead atoms. The first kappa shape index (κ1) is 27.3. The third-order valence-electron chi connectivity index (χ3n) is 6.74. The number of urea groups is 1. The van der Waals surface area contributed by atoms with Crippen LogP contribution in [0.5, 0.6) is 5.88 Å². The van der Waals surface area contributed by atoms with E-state index in [1.807, 2.05) is 32.6 Å². The quantitative estimate of drug-likeness (QED) is 0.486. The molecule has 0 saturated carbocycles. The van der Waals surface area contributed by atoms with Gasteiger partial charge in [-0.25, -0.2) is 14.2 Å². The summed E-state index contributed by atoms with van der Waals surface area (Å²) in [6, 6.07) is 6.91. The standard InChI is InChI=1S/C28H32FN7O4/c1-5-35-16-28(3,4)40-24-22(25(35)37)23(33-26(34-24)36-12-13-39-15-17(36)2)18-6-7-21(20(29)14-18)32-27(38)31-19-8-10-30-11-9-19/h6-11,14,17H,5,12-13,15-16H2,1-4H3,(H2,30,31,32,38). The van der Waals surface area contributed by atoms with E-state index in [1.54, 1.807) is 23.1 Å². The van der Waals surface area contributed by atoms with Crippen LogP contribution in [0.1, 0.15) is 38.1 Å². The van der Waals surface area contributed by atoms with E-state index in [1.165, 1.54) is 24.5 Å². The highest BCUT2D eigenvalue weighted by Crippen LogP contribution is 2.37. The SMILES string of the molecule is CCN1CC(C)(C)Oc2nc(N3CCOCC3C)nc(-c3ccc(NC(=O)Nc4ccncc4)c(F)c3)c2C1=O. The molecule has 0 aliphatic carbocycles. The number of carbonyl (C=O) groups is 2. The Kier molecular flexibility index (Phi) is 7.53. The molecule has 2 aliphatic rings. The van der Waals surface area contributed by atoms with Crippen LogP contribution in [0.3, 0.4) is 0 Å². The second-order valence-electron chi connectivity index (χ2n) is 10.4. The summed E-state index contributed by atoms with van der Waals surface area (Å²) in [4.78, 5) is 43.2. The summed E-state index contributed by atoms with van der Waals surface area (Å²) < 4.78 is 27.3. The lowest BCUT2D eigenvalue weighted by Gasteiger charge is -2.34. The number of carbonyl (C=O) groups excluding carboxylic acids is 2. The van der Waals surface area contributed by atoms with Gasteiger partial charge in [-0.3, -0.25) is 9.78 Å². The zero-order valence-electron chi connectivity index (χ0n) is 22.9. The van der Waals surface area contributed by atoms with Crippen molar-refractivity contribution in [3.8, 4) is 17.1 Å². The highest BCUT2D eigenvalue weighted by molar-refractivity contribution is 6.03. The first-order valence-corrected chi connectivity index (χ1v) is 13.2. The van der Waals surface area contributed by atoms with Crippen LogP contribution in [0.2, 0.25) is 0 Å². The van der Waals surface area contributed by atoms with Crippen LogP contribution in [0, 0.1) is 5.82 Å². The molecule has 2 aliphatic heterocycles. The Balaban J connectivity index is 1.55. The number of hydrogen-bond donors (Lipinski definition) is 2. The lowest BCUT2D eigenvalue weighted by Crippen LogP contribution is -2.44. The Morgan fingerprint density at radius 3 is 2.65 bits per heavy atom. The molecule has 0 spiro atoms. The summed E-state index contributed by atoms with van der Waals surface area (Å²) in [5.74, 6) is -0.453. The molecule has 4 heterocycles. The van der Waals surface area contributed by atoms with Gasteiger partial charge in [-0.05, 0) is 52.0 Å². The van der Waals surface area contributed by atoms with Crippen molar-refractivity contribution in [1.29, 1.82) is 0 Å². The first-order valence-electron chi connectivity index (χ1n) is 13.2. The summed E-state index contributed by atoms with van der Waals surface area (Å²) in [5.41, 5.74) is 0.555. The molecule has 40 heavy (non-hydrogen) atoms. The fraction of sp³-hybridized carbons (Fsp3) is 0.393. The lowest BCUT2D eigenvalue weighted by molar-refractivity contribution is 0.0541. The average Bonchev–Trinajstić information content (AvgIpc) is 3.02. The summed E-state index contributed by atoms with van der Waals surface area (Å²) in [6.07, 6.45) is 3.07. The molecule has 3 aromatic rings. The zero-order valence-corrected chi connectivity index (χ0v) is 22.9. The summed E-state index contributed by atoms with van der Waals surface area (Å²) in [6.45, 7) is 10.1. The van der Waals surface area contributed by atoms with Gasteiger partial charge in [-0.15, -0.1) is 0 Å². The van der Waals surface area contributed by atoms with Crippen molar-refractivity contribution >= 4 is 29.3 Å². The van der Waals surface area contributed by atoms with E-state index in [4.69, 9.17) is 19.4 Å². The monoisotopic (exact) mass is 549 g/mol. The van der Waals surface area contributed by atoms with Gasteiger partial charge in [0.2, 0.25) is 11.8 Å². The highest BCUT2D eigenvalue weighted by atomic mass is 19.1. The van der Waals surface area contributed by atoms with Crippen molar-refractivity contribution < 1.29 is 23.5 Å². The molecule has 210 valence electrons. The molecule has 5 rings (SSSR count). The third-order valence-corrected chi connectivity index (χ3v) is 6.74. The maximum Gasteiger partial charge on any atom is 0.323 e. The van der Waals surface area contributed by atoms with Gasteiger partial charge in [0.15, 0.2) is 0 Å². The first-order chi connectivity index (χ1) is 19.1. The molecule has 3 amide bonds. The number of pyridine rings is 1. The maximum absolute atomic E-state index is 15.4. The minimum absolute atomic E-state index is 0.0106. The van der Waals surface area contributed by atoms with Gasteiger partial charge < -0.3 is 29.9 Å². The normalized spacial score (nSPS) is 18.4. The van der Waals surface area contributed by atoms with Gasteiger partial charge in [-0.1, -0.05) is 6.07 Å². The van der Waals surface area contributed by atoms with E-state index in [0.717, 1.165) is 0 Å². The number of aromatic nitrogens is 3. The number of nitrogens with zero attached hydrogens (tertiary/aromatic N) is 5. The van der Waals surface area contributed by atoms with E-state index in [-0.39, 0.29) is 34.8 Å². The van der Waals surface area contributed by atoms with Crippen molar-refractivity contribution in [2.75, 3.05) is 48.4 Å². The largest absolute Gasteiger partial charge is 0.469 e. The number of benzene rings is 1. The van der Waals surface area contributed by atoms with Crippen LogP contribution >= 0.6 is 0 Å². The van der Waals surface area contributed by atoms with Gasteiger partial charge in [0.05, 0.1) is 37.2 Å². The topological polar surface area (TPSA) is 122 Å². The Morgan fingerprint density at radius 1 is 1.18 bits per heavy atom. The smallest absolute Gasteiger partial charge is 0.323 e. The number of morpholine rings is 1. The van der Waals surface area contributed by atoms with Crippen LogP contribution in [-0.2, 0) is 4.74 Å². The molecule has 1 saturated heterocycles. The third kappa shape index (κ3) is 5.67.